The second-order valence-corrected chi connectivity index (χ2v) is 5.21. The van der Waals surface area contributed by atoms with E-state index in [0.717, 1.165) is 11.1 Å². The first-order valence-electron chi connectivity index (χ1n) is 7.45. The van der Waals surface area contributed by atoms with E-state index >= 15 is 0 Å². The summed E-state index contributed by atoms with van der Waals surface area (Å²) in [5.74, 6) is -0.516. The van der Waals surface area contributed by atoms with Crippen molar-refractivity contribution in [3.63, 3.8) is 0 Å². The molecule has 23 heavy (non-hydrogen) atoms. The van der Waals surface area contributed by atoms with Gasteiger partial charge in [0, 0.05) is 18.7 Å². The fourth-order valence-electron chi connectivity index (χ4n) is 2.04. The Labute approximate surface area is 136 Å². The SMILES string of the molecule is C=C(CC(=O)NCc1ccccc1)C(=O)NCc1ccccc1. The van der Waals surface area contributed by atoms with Crippen LogP contribution in [0.4, 0.5) is 0 Å². The second-order valence-electron chi connectivity index (χ2n) is 5.21. The van der Waals surface area contributed by atoms with E-state index in [4.69, 9.17) is 0 Å². The lowest BCUT2D eigenvalue weighted by atomic mass is 10.1. The first-order valence-corrected chi connectivity index (χ1v) is 7.45. The van der Waals surface area contributed by atoms with Crippen LogP contribution in [0.5, 0.6) is 0 Å². The number of nitrogens with one attached hydrogen (secondary N) is 2. The molecule has 0 unspecified atom stereocenters. The fourth-order valence-corrected chi connectivity index (χ4v) is 2.04. The van der Waals surface area contributed by atoms with Crippen molar-refractivity contribution in [2.75, 3.05) is 0 Å². The van der Waals surface area contributed by atoms with Crippen LogP contribution in [0, 0.1) is 0 Å². The molecule has 0 saturated carbocycles. The zero-order valence-electron chi connectivity index (χ0n) is 12.9. The standard InChI is InChI=1S/C19H20N2O2/c1-15(19(23)21-14-17-10-6-3-7-11-17)12-18(22)20-13-16-8-4-2-5-9-16/h2-11H,1,12-14H2,(H,20,22)(H,21,23). The lowest BCUT2D eigenvalue weighted by molar-refractivity contribution is -0.123. The van der Waals surface area contributed by atoms with Crippen LogP contribution in [0.2, 0.25) is 0 Å². The predicted molar refractivity (Wildman–Crippen MR) is 90.3 cm³/mol. The Hall–Kier alpha value is -2.88. The minimum atomic E-state index is -0.302. The molecular formula is C19H20N2O2. The first kappa shape index (κ1) is 16.5. The first-order chi connectivity index (χ1) is 11.1. The van der Waals surface area contributed by atoms with E-state index < -0.39 is 0 Å². The summed E-state index contributed by atoms with van der Waals surface area (Å²) in [7, 11) is 0. The zero-order valence-corrected chi connectivity index (χ0v) is 12.9. The van der Waals surface area contributed by atoms with Crippen LogP contribution in [0.25, 0.3) is 0 Å². The highest BCUT2D eigenvalue weighted by Crippen LogP contribution is 2.03. The molecule has 118 valence electrons. The van der Waals surface area contributed by atoms with Crippen molar-refractivity contribution in [3.8, 4) is 0 Å². The Morgan fingerprint density at radius 3 is 1.78 bits per heavy atom. The van der Waals surface area contributed by atoms with Gasteiger partial charge >= 0.3 is 0 Å². The molecule has 0 aromatic heterocycles. The molecule has 4 nitrogen and oxygen atoms in total. The Balaban J connectivity index is 1.72. The Morgan fingerprint density at radius 1 is 0.783 bits per heavy atom. The maximum absolute atomic E-state index is 11.9. The van der Waals surface area contributed by atoms with E-state index in [0.29, 0.717) is 13.1 Å². The van der Waals surface area contributed by atoms with Gasteiger partial charge in [0.15, 0.2) is 0 Å². The molecule has 0 spiro atoms. The van der Waals surface area contributed by atoms with Gasteiger partial charge in [0.25, 0.3) is 0 Å². The van der Waals surface area contributed by atoms with Crippen molar-refractivity contribution in [1.82, 2.24) is 10.6 Å². The molecule has 0 aliphatic rings. The van der Waals surface area contributed by atoms with Crippen molar-refractivity contribution in [3.05, 3.63) is 83.9 Å². The largest absolute Gasteiger partial charge is 0.352 e. The van der Waals surface area contributed by atoms with Crippen molar-refractivity contribution >= 4 is 11.8 Å². The third kappa shape index (κ3) is 5.79. The minimum Gasteiger partial charge on any atom is -0.352 e. The average molecular weight is 308 g/mol. The maximum Gasteiger partial charge on any atom is 0.247 e. The molecule has 2 aromatic rings. The Kier molecular flexibility index (Phi) is 6.12. The molecule has 0 fully saturated rings. The summed E-state index contributed by atoms with van der Waals surface area (Å²) in [5, 5.41) is 5.54. The summed E-state index contributed by atoms with van der Waals surface area (Å²) in [6.07, 6.45) is -0.00649. The summed E-state index contributed by atoms with van der Waals surface area (Å²) in [6, 6.07) is 19.2. The van der Waals surface area contributed by atoms with Gasteiger partial charge in [0.1, 0.15) is 0 Å². The molecule has 2 N–H and O–H groups in total. The number of carbonyl (C=O) groups is 2. The Morgan fingerprint density at radius 2 is 1.26 bits per heavy atom. The van der Waals surface area contributed by atoms with Crippen molar-refractivity contribution in [2.45, 2.75) is 19.5 Å². The molecule has 0 radical (unpaired) electrons. The van der Waals surface area contributed by atoms with E-state index in [2.05, 4.69) is 17.2 Å². The number of carbonyl (C=O) groups excluding carboxylic acids is 2. The number of benzene rings is 2. The summed E-state index contributed by atoms with van der Waals surface area (Å²) in [5.41, 5.74) is 2.27. The van der Waals surface area contributed by atoms with Crippen LogP contribution >= 0.6 is 0 Å². The van der Waals surface area contributed by atoms with Crippen molar-refractivity contribution in [2.24, 2.45) is 0 Å². The molecule has 0 heterocycles. The smallest absolute Gasteiger partial charge is 0.247 e. The third-order valence-electron chi connectivity index (χ3n) is 3.32. The van der Waals surface area contributed by atoms with Crippen LogP contribution in [0.3, 0.4) is 0 Å². The summed E-state index contributed by atoms with van der Waals surface area (Å²) < 4.78 is 0. The normalized spacial score (nSPS) is 9.91. The van der Waals surface area contributed by atoms with Crippen molar-refractivity contribution in [1.29, 1.82) is 0 Å². The molecule has 0 aliphatic carbocycles. The van der Waals surface area contributed by atoms with E-state index in [1.807, 2.05) is 60.7 Å². The third-order valence-corrected chi connectivity index (χ3v) is 3.32. The van der Waals surface area contributed by atoms with Crippen LogP contribution in [-0.4, -0.2) is 11.8 Å². The minimum absolute atomic E-state index is 0.00649. The molecule has 4 heteroatoms. The molecule has 2 aromatic carbocycles. The van der Waals surface area contributed by atoms with Crippen LogP contribution < -0.4 is 10.6 Å². The quantitative estimate of drug-likeness (QED) is 0.772. The monoisotopic (exact) mass is 308 g/mol. The van der Waals surface area contributed by atoms with Crippen molar-refractivity contribution < 1.29 is 9.59 Å². The average Bonchev–Trinajstić information content (AvgIpc) is 2.59. The highest BCUT2D eigenvalue weighted by atomic mass is 16.2. The molecule has 2 rings (SSSR count). The summed E-state index contributed by atoms with van der Waals surface area (Å²) >= 11 is 0. The van der Waals surface area contributed by atoms with Gasteiger partial charge in [-0.05, 0) is 11.1 Å². The van der Waals surface area contributed by atoms with Crippen LogP contribution in [0.15, 0.2) is 72.8 Å². The number of amides is 2. The van der Waals surface area contributed by atoms with Gasteiger partial charge in [-0.15, -0.1) is 0 Å². The maximum atomic E-state index is 11.9. The molecule has 0 atom stereocenters. The Bertz CT molecular complexity index is 666. The predicted octanol–water partition coefficient (Wildman–Crippen LogP) is 2.57. The number of hydrogen-bond acceptors (Lipinski definition) is 2. The van der Waals surface area contributed by atoms with Crippen LogP contribution in [0.1, 0.15) is 17.5 Å². The summed E-state index contributed by atoms with van der Waals surface area (Å²) in [6.45, 7) is 4.55. The van der Waals surface area contributed by atoms with Crippen LogP contribution in [-0.2, 0) is 22.7 Å². The highest BCUT2D eigenvalue weighted by molar-refractivity contribution is 5.98. The van der Waals surface area contributed by atoms with E-state index in [1.165, 1.54) is 0 Å². The van der Waals surface area contributed by atoms with E-state index in [9.17, 15) is 9.59 Å². The number of rotatable bonds is 7. The molecular weight excluding hydrogens is 288 g/mol. The van der Waals surface area contributed by atoms with Gasteiger partial charge in [-0.3, -0.25) is 9.59 Å². The second kappa shape index (κ2) is 8.54. The zero-order chi connectivity index (χ0) is 16.5. The molecule has 0 aliphatic heterocycles. The molecule has 2 amide bonds. The van der Waals surface area contributed by atoms with E-state index in [1.54, 1.807) is 0 Å². The van der Waals surface area contributed by atoms with Gasteiger partial charge in [-0.25, -0.2) is 0 Å². The topological polar surface area (TPSA) is 58.2 Å². The lowest BCUT2D eigenvalue weighted by Crippen LogP contribution is -2.29. The highest BCUT2D eigenvalue weighted by Gasteiger charge is 2.11. The summed E-state index contributed by atoms with van der Waals surface area (Å²) in [4.78, 5) is 23.8. The van der Waals surface area contributed by atoms with Gasteiger partial charge in [-0.1, -0.05) is 67.2 Å². The lowest BCUT2D eigenvalue weighted by Gasteiger charge is -2.09. The van der Waals surface area contributed by atoms with Gasteiger partial charge < -0.3 is 10.6 Å². The number of hydrogen-bond donors (Lipinski definition) is 2. The van der Waals surface area contributed by atoms with Gasteiger partial charge in [0.2, 0.25) is 11.8 Å². The fraction of sp³-hybridized carbons (Fsp3) is 0.158. The molecule has 0 saturated heterocycles. The van der Waals surface area contributed by atoms with E-state index in [-0.39, 0.29) is 23.8 Å². The molecule has 0 bridgehead atoms. The van der Waals surface area contributed by atoms with Gasteiger partial charge in [-0.2, -0.15) is 0 Å². The van der Waals surface area contributed by atoms with Gasteiger partial charge in [0.05, 0.1) is 6.42 Å².